The van der Waals surface area contributed by atoms with Gasteiger partial charge >= 0.3 is 12.1 Å². The number of nitrogens with two attached hydrogens (primary N) is 1. The zero-order chi connectivity index (χ0) is 31.0. The van der Waals surface area contributed by atoms with Gasteiger partial charge in [0.15, 0.2) is 11.6 Å². The molecule has 6 N–H and O–H groups in total. The van der Waals surface area contributed by atoms with Crippen molar-refractivity contribution < 1.29 is 37.0 Å². The van der Waals surface area contributed by atoms with Gasteiger partial charge < -0.3 is 31.1 Å². The number of nitrogens with one attached hydrogen (secondary N) is 3. The number of hydrogen-bond acceptors (Lipinski definition) is 9. The Kier molecular flexibility index (Phi) is 10.2. The minimum absolute atomic E-state index is 0.0796. The van der Waals surface area contributed by atoms with E-state index in [-0.39, 0.29) is 17.7 Å². The van der Waals surface area contributed by atoms with E-state index in [0.29, 0.717) is 42.3 Å². The summed E-state index contributed by atoms with van der Waals surface area (Å²) in [5.41, 5.74) is 8.88. The van der Waals surface area contributed by atoms with E-state index >= 15 is 0 Å². The molecule has 0 atom stereocenters. The predicted octanol–water partition coefficient (Wildman–Crippen LogP) is 4.03. The Morgan fingerprint density at radius 2 is 1.90 bits per heavy atom. The number of carboxylic acid groups (broad SMARTS) is 1. The van der Waals surface area contributed by atoms with E-state index in [2.05, 4.69) is 30.8 Å². The number of carbonyl (C=O) groups is 2. The molecule has 2 aromatic heterocycles. The number of carboxylic acids is 1. The van der Waals surface area contributed by atoms with Crippen LogP contribution in [0.25, 0.3) is 10.9 Å². The van der Waals surface area contributed by atoms with Crippen LogP contribution in [-0.4, -0.2) is 70.6 Å². The van der Waals surface area contributed by atoms with Crippen LogP contribution in [0.3, 0.4) is 0 Å². The first kappa shape index (κ1) is 31.5. The molecule has 0 radical (unpaired) electrons. The van der Waals surface area contributed by atoms with Crippen LogP contribution in [0.4, 0.5) is 40.7 Å². The Morgan fingerprint density at radius 1 is 1.19 bits per heavy atom. The highest BCUT2D eigenvalue weighted by atomic mass is 19.4. The maximum atomic E-state index is 14.7. The van der Waals surface area contributed by atoms with Crippen LogP contribution >= 0.6 is 0 Å². The molecule has 0 spiro atoms. The van der Waals surface area contributed by atoms with E-state index in [1.807, 2.05) is 25.1 Å². The Balaban J connectivity index is 0.000000616. The summed E-state index contributed by atoms with van der Waals surface area (Å²) in [6.45, 7) is 2.84. The van der Waals surface area contributed by atoms with Gasteiger partial charge in [-0.1, -0.05) is 0 Å². The van der Waals surface area contributed by atoms with E-state index < -0.39 is 18.0 Å². The summed E-state index contributed by atoms with van der Waals surface area (Å²) >= 11 is 0. The summed E-state index contributed by atoms with van der Waals surface area (Å²) in [5.74, 6) is -2.89. The van der Waals surface area contributed by atoms with Gasteiger partial charge in [0, 0.05) is 48.2 Å². The van der Waals surface area contributed by atoms with Crippen LogP contribution < -0.4 is 26.0 Å². The first-order valence-corrected chi connectivity index (χ1v) is 12.3. The number of H-pyrrole nitrogens is 1. The number of rotatable bonds is 9. The largest absolute Gasteiger partial charge is 0.493 e. The average Bonchev–Trinajstić information content (AvgIpc) is 3.33. The lowest BCUT2D eigenvalue weighted by Crippen LogP contribution is -2.21. The second kappa shape index (κ2) is 13.6. The minimum Gasteiger partial charge on any atom is -0.493 e. The highest BCUT2D eigenvalue weighted by molar-refractivity contribution is 5.95. The molecule has 16 heteroatoms. The average molecular weight is 593 g/mol. The molecule has 0 saturated carbocycles. The summed E-state index contributed by atoms with van der Waals surface area (Å²) in [5, 5.41) is 21.0. The molecule has 12 nitrogen and oxygen atoms in total. The number of anilines is 4. The number of amides is 1. The van der Waals surface area contributed by atoms with Crippen molar-refractivity contribution in [3.8, 4) is 5.75 Å². The summed E-state index contributed by atoms with van der Waals surface area (Å²) < 4.78 is 52.2. The third-order valence-electron chi connectivity index (χ3n) is 5.67. The molecule has 0 saturated heterocycles. The third kappa shape index (κ3) is 8.03. The van der Waals surface area contributed by atoms with Crippen molar-refractivity contribution in [2.45, 2.75) is 19.5 Å². The molecule has 4 aromatic rings. The number of fused-ring (bicyclic) bond motifs is 1. The van der Waals surface area contributed by atoms with Crippen molar-refractivity contribution in [1.29, 1.82) is 0 Å². The Hall–Kier alpha value is -4.99. The number of hydrogen-bond donors (Lipinski definition) is 5. The van der Waals surface area contributed by atoms with E-state index in [4.69, 9.17) is 20.4 Å². The van der Waals surface area contributed by atoms with Crippen molar-refractivity contribution in [3.05, 3.63) is 59.7 Å². The maximum absolute atomic E-state index is 14.7. The van der Waals surface area contributed by atoms with Gasteiger partial charge in [0.05, 0.1) is 18.3 Å². The van der Waals surface area contributed by atoms with Gasteiger partial charge in [0.2, 0.25) is 5.95 Å². The zero-order valence-corrected chi connectivity index (χ0v) is 22.7. The standard InChI is InChI=1S/C24H27FN8O2.C2HF3O2/c1-14-19-6-5-17(12-21(19)32-31-14)33(3)22-20(25)13-28-24(30-22)29-16-9-15(23(34)27-2)10-18(11-16)35-8-4-7-26;3-2(4,5)1(6)7/h5-6,9-13H,4,7-8,26H2,1-3H3,(H,27,34)(H,31,32)(H,28,29,30);(H,6,7). The van der Waals surface area contributed by atoms with Crippen molar-refractivity contribution in [3.63, 3.8) is 0 Å². The lowest BCUT2D eigenvalue weighted by atomic mass is 10.1. The van der Waals surface area contributed by atoms with Crippen molar-refractivity contribution >= 4 is 45.9 Å². The van der Waals surface area contributed by atoms with Gasteiger partial charge in [-0.2, -0.15) is 23.3 Å². The van der Waals surface area contributed by atoms with Gasteiger partial charge in [0.25, 0.3) is 5.91 Å². The predicted molar refractivity (Wildman–Crippen MR) is 147 cm³/mol. The van der Waals surface area contributed by atoms with E-state index in [0.717, 1.165) is 22.8 Å². The number of halogens is 4. The summed E-state index contributed by atoms with van der Waals surface area (Å²) in [6, 6.07) is 10.6. The fraction of sp³-hybridized carbons (Fsp3) is 0.269. The smallest absolute Gasteiger partial charge is 0.490 e. The second-order valence-corrected chi connectivity index (χ2v) is 8.72. The molecule has 0 aliphatic carbocycles. The molecule has 0 fully saturated rings. The Morgan fingerprint density at radius 3 is 2.55 bits per heavy atom. The quantitative estimate of drug-likeness (QED) is 0.141. The fourth-order valence-electron chi connectivity index (χ4n) is 3.55. The number of aromatic amines is 1. The summed E-state index contributed by atoms with van der Waals surface area (Å²) in [4.78, 5) is 31.2. The molecule has 0 bridgehead atoms. The van der Waals surface area contributed by atoms with Gasteiger partial charge in [-0.3, -0.25) is 9.89 Å². The Labute approximate surface area is 236 Å². The lowest BCUT2D eigenvalue weighted by Gasteiger charge is -2.19. The monoisotopic (exact) mass is 592 g/mol. The molecule has 0 aliphatic rings. The van der Waals surface area contributed by atoms with Crippen LogP contribution in [-0.2, 0) is 4.79 Å². The molecule has 0 unspecified atom stereocenters. The van der Waals surface area contributed by atoms with Crippen molar-refractivity contribution in [2.75, 3.05) is 37.5 Å². The fourth-order valence-corrected chi connectivity index (χ4v) is 3.55. The van der Waals surface area contributed by atoms with Gasteiger partial charge in [-0.15, -0.1) is 0 Å². The SMILES string of the molecule is CNC(=O)c1cc(Nc2ncc(F)c(N(C)c3ccc4c(C)[nH]nc4c3)n2)cc(OCCCN)c1.O=C(O)C(F)(F)F. The summed E-state index contributed by atoms with van der Waals surface area (Å²) in [7, 11) is 3.26. The number of benzene rings is 2. The number of carbonyl (C=O) groups excluding carboxylic acids is 1. The molecule has 4 rings (SSSR count). The maximum Gasteiger partial charge on any atom is 0.490 e. The number of ether oxygens (including phenoxy) is 1. The number of aliphatic carboxylic acids is 1. The second-order valence-electron chi connectivity index (χ2n) is 8.72. The topological polar surface area (TPSA) is 171 Å². The van der Waals surface area contributed by atoms with Crippen molar-refractivity contribution in [2.24, 2.45) is 5.73 Å². The highest BCUT2D eigenvalue weighted by Crippen LogP contribution is 2.29. The minimum atomic E-state index is -5.08. The van der Waals surface area contributed by atoms with Gasteiger partial charge in [-0.05, 0) is 50.2 Å². The Bertz CT molecular complexity index is 1560. The van der Waals surface area contributed by atoms with Crippen LogP contribution in [0.5, 0.6) is 5.75 Å². The molecule has 2 heterocycles. The normalized spacial score (nSPS) is 11.0. The zero-order valence-electron chi connectivity index (χ0n) is 22.7. The highest BCUT2D eigenvalue weighted by Gasteiger charge is 2.38. The molecule has 224 valence electrons. The van der Waals surface area contributed by atoms with Gasteiger partial charge in [0.1, 0.15) is 5.75 Å². The molecule has 42 heavy (non-hydrogen) atoms. The molecular formula is C26H28F4N8O4. The van der Waals surface area contributed by atoms with E-state index in [1.54, 1.807) is 37.2 Å². The van der Waals surface area contributed by atoms with Crippen LogP contribution in [0.1, 0.15) is 22.5 Å². The van der Waals surface area contributed by atoms with Crippen LogP contribution in [0, 0.1) is 12.7 Å². The summed E-state index contributed by atoms with van der Waals surface area (Å²) in [6.07, 6.45) is -3.31. The van der Waals surface area contributed by atoms with Gasteiger partial charge in [-0.25, -0.2) is 14.2 Å². The first-order valence-electron chi connectivity index (χ1n) is 12.3. The van der Waals surface area contributed by atoms with Crippen LogP contribution in [0.15, 0.2) is 42.6 Å². The number of aryl methyl sites for hydroxylation is 1. The first-order chi connectivity index (χ1) is 19.8. The van der Waals surface area contributed by atoms with Crippen LogP contribution in [0.2, 0.25) is 0 Å². The number of aromatic nitrogens is 4. The molecule has 1 amide bonds. The molecular weight excluding hydrogens is 564 g/mol. The molecule has 2 aromatic carbocycles. The van der Waals surface area contributed by atoms with E-state index in [1.165, 1.54) is 0 Å². The van der Waals surface area contributed by atoms with Crippen molar-refractivity contribution in [1.82, 2.24) is 25.5 Å². The lowest BCUT2D eigenvalue weighted by molar-refractivity contribution is -0.192. The number of nitrogens with zero attached hydrogens (tertiary/aromatic N) is 4. The van der Waals surface area contributed by atoms with E-state index in [9.17, 15) is 22.4 Å². The number of alkyl halides is 3. The molecule has 0 aliphatic heterocycles. The third-order valence-corrected chi connectivity index (χ3v) is 5.67.